The van der Waals surface area contributed by atoms with Crippen LogP contribution in [0.2, 0.25) is 16.6 Å². The topological polar surface area (TPSA) is 63.6 Å². The predicted molar refractivity (Wildman–Crippen MR) is 223 cm³/mol. The zero-order chi connectivity index (χ0) is 40.0. The Bertz CT molecular complexity index is 2270. The average Bonchev–Trinajstić information content (AvgIpc) is 3.82. The molecule has 4 fully saturated rings. The van der Waals surface area contributed by atoms with Gasteiger partial charge < -0.3 is 14.4 Å². The molecule has 2 aromatic heterocycles. The number of hydrogen-bond acceptors (Lipinski definition) is 7. The molecule has 0 N–H and O–H groups in total. The zero-order valence-corrected chi connectivity index (χ0v) is 35.5. The van der Waals surface area contributed by atoms with E-state index in [0.29, 0.717) is 63.6 Å². The second-order valence-electron chi connectivity index (χ2n) is 18.6. The molecule has 0 amide bonds. The Kier molecular flexibility index (Phi) is 9.78. The van der Waals surface area contributed by atoms with E-state index in [0.717, 1.165) is 57.0 Å². The number of piperidine rings is 1. The van der Waals surface area contributed by atoms with Gasteiger partial charge in [-0.15, -0.1) is 5.54 Å². The van der Waals surface area contributed by atoms with Gasteiger partial charge in [-0.2, -0.15) is 9.97 Å². The van der Waals surface area contributed by atoms with Gasteiger partial charge in [-0.3, -0.25) is 4.90 Å². The molecule has 6 heterocycles. The molecule has 4 aromatic rings. The first-order chi connectivity index (χ1) is 27.3. The highest BCUT2D eigenvalue weighted by molar-refractivity contribution is 6.90. The maximum atomic E-state index is 17.8. The molecular formula is C46H56F3N5O2Si. The molecule has 7 nitrogen and oxygen atoms in total. The fourth-order valence-corrected chi connectivity index (χ4v) is 17.3. The van der Waals surface area contributed by atoms with E-state index in [-0.39, 0.29) is 47.4 Å². The standard InChI is InChI=1S/C46H56F3N5O2Si/c1-8-36-42-31-14-13-29(21-31)23-54(42)43-38-41(51-45(52-43)55-25-46-18-10-19-53(46)24-32(47)22-46)39(49)40(50-44(38)56-36)34-12-9-11-30-15-16-35(48)33(37(30)34)17-20-57(26(2)3,27(4)5)28(6)7/h9,11-12,15-16,26-29,31-32,36,42H,8,10,13-14,18-19,21-25H2,1-7H3/t29-,31+,32+,36-,42-,46-/m0/s1. The van der Waals surface area contributed by atoms with Gasteiger partial charge in [0.15, 0.2) is 5.82 Å². The Morgan fingerprint density at radius 3 is 2.53 bits per heavy atom. The first kappa shape index (κ1) is 38.6. The molecule has 0 unspecified atom stereocenters. The van der Waals surface area contributed by atoms with Crippen molar-refractivity contribution >= 4 is 35.6 Å². The van der Waals surface area contributed by atoms with Crippen molar-refractivity contribution < 1.29 is 22.6 Å². The molecule has 0 spiro atoms. The van der Waals surface area contributed by atoms with Crippen LogP contribution < -0.4 is 14.4 Å². The lowest BCUT2D eigenvalue weighted by atomic mass is 9.86. The maximum Gasteiger partial charge on any atom is 0.319 e. The van der Waals surface area contributed by atoms with Gasteiger partial charge in [-0.1, -0.05) is 78.7 Å². The first-order valence-corrected chi connectivity index (χ1v) is 23.7. The summed E-state index contributed by atoms with van der Waals surface area (Å²) in [7, 11) is -2.25. The minimum atomic E-state index is -2.25. The summed E-state index contributed by atoms with van der Waals surface area (Å²) in [6.07, 6.45) is 5.22. The molecule has 1 saturated carbocycles. The first-order valence-electron chi connectivity index (χ1n) is 21.5. The highest BCUT2D eigenvalue weighted by Crippen LogP contribution is 2.50. The van der Waals surface area contributed by atoms with Crippen LogP contribution in [0.3, 0.4) is 0 Å². The molecule has 11 heteroatoms. The van der Waals surface area contributed by atoms with Crippen molar-refractivity contribution in [3.8, 4) is 34.6 Å². The monoisotopic (exact) mass is 795 g/mol. The Hall–Kier alpha value is -3.88. The van der Waals surface area contributed by atoms with Gasteiger partial charge in [0.05, 0.1) is 17.1 Å². The summed E-state index contributed by atoms with van der Waals surface area (Å²) in [4.78, 5) is 19.4. The Morgan fingerprint density at radius 2 is 1.77 bits per heavy atom. The Morgan fingerprint density at radius 1 is 0.982 bits per heavy atom. The fraction of sp³-hybridized carbons (Fsp3) is 0.587. The summed E-state index contributed by atoms with van der Waals surface area (Å²) in [6, 6.07) is 8.85. The Labute approximate surface area is 336 Å². The van der Waals surface area contributed by atoms with Crippen molar-refractivity contribution in [3.63, 3.8) is 0 Å². The van der Waals surface area contributed by atoms with Crippen LogP contribution in [0.4, 0.5) is 19.0 Å². The van der Waals surface area contributed by atoms with E-state index < -0.39 is 31.4 Å². The number of aromatic nitrogens is 3. The van der Waals surface area contributed by atoms with E-state index in [1.54, 1.807) is 12.1 Å². The van der Waals surface area contributed by atoms with Crippen molar-refractivity contribution in [1.29, 1.82) is 0 Å². The van der Waals surface area contributed by atoms with Crippen LogP contribution in [0.15, 0.2) is 30.3 Å². The van der Waals surface area contributed by atoms with Gasteiger partial charge in [-0.25, -0.2) is 18.2 Å². The molecule has 302 valence electrons. The molecular weight excluding hydrogens is 740 g/mol. The minimum Gasteiger partial charge on any atom is -0.472 e. The summed E-state index contributed by atoms with van der Waals surface area (Å²) in [6.45, 7) is 17.8. The van der Waals surface area contributed by atoms with Gasteiger partial charge >= 0.3 is 6.01 Å². The largest absolute Gasteiger partial charge is 0.472 e. The number of hydrogen-bond donors (Lipinski definition) is 0. The normalized spacial score (nSPS) is 26.9. The Balaban J connectivity index is 1.25. The zero-order valence-electron chi connectivity index (χ0n) is 34.5. The fourth-order valence-electron chi connectivity index (χ4n) is 12.1. The molecule has 3 saturated heterocycles. The van der Waals surface area contributed by atoms with E-state index in [1.807, 2.05) is 12.1 Å². The van der Waals surface area contributed by atoms with Crippen LogP contribution in [0.25, 0.3) is 32.9 Å². The van der Waals surface area contributed by atoms with Crippen molar-refractivity contribution in [3.05, 3.63) is 47.5 Å². The molecule has 9 rings (SSSR count). The van der Waals surface area contributed by atoms with E-state index in [1.165, 1.54) is 6.07 Å². The van der Waals surface area contributed by atoms with Crippen LogP contribution in [-0.2, 0) is 0 Å². The third-order valence-electron chi connectivity index (χ3n) is 14.7. The molecule has 2 aromatic carbocycles. The van der Waals surface area contributed by atoms with Gasteiger partial charge in [0, 0.05) is 30.5 Å². The van der Waals surface area contributed by atoms with Crippen LogP contribution in [-0.4, -0.2) is 78.0 Å². The van der Waals surface area contributed by atoms with Gasteiger partial charge in [0.1, 0.15) is 55.2 Å². The van der Waals surface area contributed by atoms with Crippen molar-refractivity contribution in [2.45, 2.75) is 134 Å². The highest BCUT2D eigenvalue weighted by atomic mass is 28.3. The van der Waals surface area contributed by atoms with E-state index in [4.69, 9.17) is 24.4 Å². The number of anilines is 1. The summed E-state index contributed by atoms with van der Waals surface area (Å²) in [5.41, 5.74) is 5.12. The number of alkyl halides is 1. The highest BCUT2D eigenvalue weighted by Gasteiger charge is 2.51. The number of nitrogens with zero attached hydrogens (tertiary/aromatic N) is 5. The van der Waals surface area contributed by atoms with E-state index >= 15 is 8.78 Å². The molecule has 0 radical (unpaired) electrons. The lowest BCUT2D eigenvalue weighted by molar-refractivity contribution is 0.107. The maximum absolute atomic E-state index is 17.8. The number of benzene rings is 2. The third kappa shape index (κ3) is 6.13. The van der Waals surface area contributed by atoms with Crippen LogP contribution in [0.5, 0.6) is 11.9 Å². The molecule has 1 aliphatic carbocycles. The second kappa shape index (κ2) is 14.4. The van der Waals surface area contributed by atoms with Crippen molar-refractivity contribution in [2.75, 3.05) is 31.1 Å². The third-order valence-corrected chi connectivity index (χ3v) is 21.0. The number of halogens is 3. The summed E-state index contributed by atoms with van der Waals surface area (Å²) >= 11 is 0. The van der Waals surface area contributed by atoms with E-state index in [9.17, 15) is 4.39 Å². The summed E-state index contributed by atoms with van der Waals surface area (Å²) < 4.78 is 62.2. The molecule has 6 atom stereocenters. The number of fused-ring (bicyclic) bond motifs is 7. The summed E-state index contributed by atoms with van der Waals surface area (Å²) in [5.74, 6) is 4.08. The van der Waals surface area contributed by atoms with Crippen molar-refractivity contribution in [2.24, 2.45) is 11.8 Å². The van der Waals surface area contributed by atoms with Crippen LogP contribution in [0.1, 0.15) is 99.0 Å². The predicted octanol–water partition coefficient (Wildman–Crippen LogP) is 10.4. The summed E-state index contributed by atoms with van der Waals surface area (Å²) in [5, 5.41) is 1.70. The van der Waals surface area contributed by atoms with Crippen LogP contribution in [0, 0.1) is 34.9 Å². The molecule has 57 heavy (non-hydrogen) atoms. The van der Waals surface area contributed by atoms with E-state index in [2.05, 4.69) is 69.7 Å². The second-order valence-corrected chi connectivity index (χ2v) is 24.2. The SMILES string of the molecule is CC[C@@H]1Oc2nc(-c3cccc4ccc(F)c(C#C[Si](C(C)C)(C(C)C)C(C)C)c34)c(F)c3nc(OC[C@@]45CCCN4C[C@H](F)C5)nc(c23)N2C[C@H]3CC[C@H](C3)[C@@H]12. The number of ether oxygens (including phenoxy) is 2. The molecule has 4 aliphatic heterocycles. The lowest BCUT2D eigenvalue weighted by Gasteiger charge is -2.43. The van der Waals surface area contributed by atoms with Crippen molar-refractivity contribution in [1.82, 2.24) is 19.9 Å². The van der Waals surface area contributed by atoms with Crippen LogP contribution >= 0.6 is 0 Å². The smallest absolute Gasteiger partial charge is 0.319 e. The number of rotatable bonds is 8. The van der Waals surface area contributed by atoms with Gasteiger partial charge in [0.25, 0.3) is 0 Å². The average molecular weight is 796 g/mol. The quantitative estimate of drug-likeness (QED) is 0.130. The molecule has 2 bridgehead atoms. The lowest BCUT2D eigenvalue weighted by Crippen LogP contribution is -2.53. The van der Waals surface area contributed by atoms with Gasteiger partial charge in [-0.05, 0) is 85.0 Å². The molecule has 5 aliphatic rings. The van der Waals surface area contributed by atoms with Gasteiger partial charge in [0.2, 0.25) is 5.88 Å². The number of pyridine rings is 1. The minimum absolute atomic E-state index is 0.0281.